The van der Waals surface area contributed by atoms with Crippen LogP contribution in [0.2, 0.25) is 5.02 Å². The molecule has 1 heterocycles. The maximum atomic E-state index is 13.3. The topological polar surface area (TPSA) is 113 Å². The minimum absolute atomic E-state index is 0.0187. The van der Waals surface area contributed by atoms with Gasteiger partial charge < -0.3 is 16.0 Å². The normalized spacial score (nSPS) is 17.4. The Balaban J connectivity index is 2.01. The van der Waals surface area contributed by atoms with Crippen molar-refractivity contribution < 1.29 is 22.4 Å². The molecule has 0 spiro atoms. The summed E-state index contributed by atoms with van der Waals surface area (Å²) >= 11 is 5.89. The van der Waals surface area contributed by atoms with E-state index < -0.39 is 33.8 Å². The van der Waals surface area contributed by atoms with E-state index in [-0.39, 0.29) is 36.6 Å². The van der Waals surface area contributed by atoms with Gasteiger partial charge in [-0.05, 0) is 55.0 Å². The molecular formula is C20H22ClFN4O4S. The van der Waals surface area contributed by atoms with E-state index >= 15 is 0 Å². The van der Waals surface area contributed by atoms with Crippen LogP contribution in [-0.2, 0) is 14.8 Å². The number of nitrogens with zero attached hydrogens (tertiary/aromatic N) is 2. The molecule has 0 radical (unpaired) electrons. The lowest BCUT2D eigenvalue weighted by molar-refractivity contribution is -0.130. The molecule has 8 nitrogen and oxygen atoms in total. The van der Waals surface area contributed by atoms with Crippen molar-refractivity contribution >= 4 is 33.4 Å². The number of rotatable bonds is 6. The van der Waals surface area contributed by atoms with Crippen LogP contribution in [-0.4, -0.2) is 61.8 Å². The molecule has 0 aliphatic carbocycles. The van der Waals surface area contributed by atoms with Crippen LogP contribution in [0.4, 0.5) is 4.39 Å². The molecule has 31 heavy (non-hydrogen) atoms. The molecule has 1 atom stereocenters. The molecule has 2 aromatic rings. The largest absolute Gasteiger partial charge is 0.352 e. The van der Waals surface area contributed by atoms with Gasteiger partial charge in [0, 0.05) is 36.8 Å². The summed E-state index contributed by atoms with van der Waals surface area (Å²) in [5, 5.41) is 3.00. The van der Waals surface area contributed by atoms with E-state index in [4.69, 9.17) is 17.3 Å². The summed E-state index contributed by atoms with van der Waals surface area (Å²) in [7, 11) is -4.19. The van der Waals surface area contributed by atoms with Crippen LogP contribution in [0.15, 0.2) is 53.4 Å². The predicted molar refractivity (Wildman–Crippen MR) is 113 cm³/mol. The van der Waals surface area contributed by atoms with Gasteiger partial charge in [-0.25, -0.2) is 12.8 Å². The van der Waals surface area contributed by atoms with Crippen molar-refractivity contribution in [1.82, 2.24) is 14.5 Å². The van der Waals surface area contributed by atoms with E-state index in [1.54, 1.807) is 0 Å². The highest BCUT2D eigenvalue weighted by Gasteiger charge is 2.44. The van der Waals surface area contributed by atoms with Crippen molar-refractivity contribution in [3.8, 4) is 0 Å². The lowest BCUT2D eigenvalue weighted by Crippen LogP contribution is -2.63. The quantitative estimate of drug-likeness (QED) is 0.665. The van der Waals surface area contributed by atoms with E-state index in [2.05, 4.69) is 5.32 Å². The summed E-state index contributed by atoms with van der Waals surface area (Å²) in [5.74, 6) is -1.77. The van der Waals surface area contributed by atoms with Gasteiger partial charge in [0.05, 0.1) is 4.90 Å². The van der Waals surface area contributed by atoms with Crippen LogP contribution in [0.1, 0.15) is 16.8 Å². The molecule has 0 aromatic heterocycles. The van der Waals surface area contributed by atoms with Gasteiger partial charge in [-0.2, -0.15) is 4.31 Å². The third-order valence-electron chi connectivity index (χ3n) is 4.80. The molecule has 1 saturated heterocycles. The Labute approximate surface area is 184 Å². The molecule has 0 bridgehead atoms. The van der Waals surface area contributed by atoms with Gasteiger partial charge in [0.15, 0.2) is 6.17 Å². The van der Waals surface area contributed by atoms with Crippen molar-refractivity contribution in [3.63, 3.8) is 0 Å². The summed E-state index contributed by atoms with van der Waals surface area (Å²) in [6.45, 7) is 0.458. The molecular weight excluding hydrogens is 447 g/mol. The first-order valence-electron chi connectivity index (χ1n) is 9.57. The highest BCUT2D eigenvalue weighted by molar-refractivity contribution is 7.89. The molecule has 1 aliphatic rings. The van der Waals surface area contributed by atoms with Crippen LogP contribution in [0.25, 0.3) is 0 Å². The molecule has 2 amide bonds. The highest BCUT2D eigenvalue weighted by atomic mass is 35.5. The van der Waals surface area contributed by atoms with E-state index in [9.17, 15) is 22.4 Å². The first-order chi connectivity index (χ1) is 14.8. The number of halogens is 2. The van der Waals surface area contributed by atoms with Gasteiger partial charge in [0.1, 0.15) is 5.82 Å². The first kappa shape index (κ1) is 23.1. The van der Waals surface area contributed by atoms with Crippen molar-refractivity contribution in [2.75, 3.05) is 26.2 Å². The standard InChI is InChI=1S/C20H22ClFN4O4S/c21-15-4-2-14(3-5-15)20(28)25-12-1-13-26(19(25)18(27)24-11-10-23)31(29,30)17-8-6-16(22)7-9-17/h2-9,19H,1,10-13,23H2,(H,24,27). The number of hydrogen-bond donors (Lipinski definition) is 2. The molecule has 3 N–H and O–H groups in total. The second kappa shape index (κ2) is 9.73. The number of sulfonamides is 1. The van der Waals surface area contributed by atoms with Gasteiger partial charge in [-0.3, -0.25) is 9.59 Å². The van der Waals surface area contributed by atoms with E-state index in [1.807, 2.05) is 0 Å². The van der Waals surface area contributed by atoms with Gasteiger partial charge >= 0.3 is 0 Å². The minimum Gasteiger partial charge on any atom is -0.352 e. The van der Waals surface area contributed by atoms with Crippen LogP contribution in [0.3, 0.4) is 0 Å². The number of amides is 2. The van der Waals surface area contributed by atoms with Crippen LogP contribution < -0.4 is 11.1 Å². The Morgan fingerprint density at radius 1 is 1.10 bits per heavy atom. The number of nitrogens with two attached hydrogens (primary N) is 1. The zero-order valence-corrected chi connectivity index (χ0v) is 18.1. The van der Waals surface area contributed by atoms with Gasteiger partial charge in [0.25, 0.3) is 11.8 Å². The Morgan fingerprint density at radius 3 is 2.35 bits per heavy atom. The summed E-state index contributed by atoms with van der Waals surface area (Å²) in [6.07, 6.45) is -1.10. The molecule has 1 aliphatic heterocycles. The fraction of sp³-hybridized carbons (Fsp3) is 0.300. The zero-order valence-electron chi connectivity index (χ0n) is 16.5. The lowest BCUT2D eigenvalue weighted by atomic mass is 10.1. The second-order valence-corrected chi connectivity index (χ2v) is 9.21. The van der Waals surface area contributed by atoms with E-state index in [0.717, 1.165) is 28.6 Å². The van der Waals surface area contributed by atoms with Gasteiger partial charge in [-0.15, -0.1) is 0 Å². The summed E-state index contributed by atoms with van der Waals surface area (Å²) < 4.78 is 40.8. The maximum absolute atomic E-state index is 13.3. The predicted octanol–water partition coefficient (Wildman–Crippen LogP) is 1.42. The molecule has 11 heteroatoms. The van der Waals surface area contributed by atoms with Gasteiger partial charge in [-0.1, -0.05) is 11.6 Å². The van der Waals surface area contributed by atoms with Crippen molar-refractivity contribution in [1.29, 1.82) is 0 Å². The van der Waals surface area contributed by atoms with Crippen LogP contribution >= 0.6 is 11.6 Å². The molecule has 1 unspecified atom stereocenters. The molecule has 0 saturated carbocycles. The molecule has 2 aromatic carbocycles. The molecule has 1 fully saturated rings. The summed E-state index contributed by atoms with van der Waals surface area (Å²) in [4.78, 5) is 27.1. The molecule has 166 valence electrons. The van der Waals surface area contributed by atoms with Crippen LogP contribution in [0.5, 0.6) is 0 Å². The maximum Gasteiger partial charge on any atom is 0.259 e. The highest BCUT2D eigenvalue weighted by Crippen LogP contribution is 2.26. The van der Waals surface area contributed by atoms with E-state index in [1.165, 1.54) is 29.2 Å². The number of carbonyl (C=O) groups is 2. The Morgan fingerprint density at radius 2 is 1.74 bits per heavy atom. The Kier molecular flexibility index (Phi) is 7.26. The number of nitrogens with one attached hydrogen (secondary N) is 1. The fourth-order valence-electron chi connectivity index (χ4n) is 3.32. The minimum atomic E-state index is -4.19. The van der Waals surface area contributed by atoms with Crippen molar-refractivity contribution in [3.05, 3.63) is 64.9 Å². The summed E-state index contributed by atoms with van der Waals surface area (Å²) in [5.41, 5.74) is 5.72. The average molecular weight is 469 g/mol. The number of hydrogen-bond acceptors (Lipinski definition) is 5. The van der Waals surface area contributed by atoms with E-state index in [0.29, 0.717) is 11.4 Å². The first-order valence-corrected chi connectivity index (χ1v) is 11.4. The third kappa shape index (κ3) is 5.04. The van der Waals surface area contributed by atoms with Crippen LogP contribution in [0, 0.1) is 5.82 Å². The fourth-order valence-corrected chi connectivity index (χ4v) is 5.04. The second-order valence-electron chi connectivity index (χ2n) is 6.88. The SMILES string of the molecule is NCCNC(=O)C1N(C(=O)c2ccc(Cl)cc2)CCCN1S(=O)(=O)c1ccc(F)cc1. The van der Waals surface area contributed by atoms with Gasteiger partial charge in [0.2, 0.25) is 10.0 Å². The third-order valence-corrected chi connectivity index (χ3v) is 6.92. The summed E-state index contributed by atoms with van der Waals surface area (Å²) in [6, 6.07) is 10.4. The molecule has 3 rings (SSSR count). The lowest BCUT2D eigenvalue weighted by Gasteiger charge is -2.41. The monoisotopic (exact) mass is 468 g/mol. The van der Waals surface area contributed by atoms with Crippen molar-refractivity contribution in [2.45, 2.75) is 17.5 Å². The van der Waals surface area contributed by atoms with Crippen molar-refractivity contribution in [2.24, 2.45) is 5.73 Å². The zero-order chi connectivity index (χ0) is 22.6. The number of benzene rings is 2. The Bertz CT molecular complexity index is 1050. The average Bonchev–Trinajstić information content (AvgIpc) is 2.77. The number of carbonyl (C=O) groups excluding carboxylic acids is 2. The Hall–Kier alpha value is -2.53. The smallest absolute Gasteiger partial charge is 0.259 e.